The Morgan fingerprint density at radius 2 is 1.78 bits per heavy atom. The third-order valence-electron chi connectivity index (χ3n) is 2.54. The largest absolute Gasteiger partial charge is 0.496 e. The first-order chi connectivity index (χ1) is 8.65. The predicted octanol–water partition coefficient (Wildman–Crippen LogP) is 1.76. The van der Waals surface area contributed by atoms with E-state index in [2.05, 4.69) is 9.97 Å². The number of aromatic amines is 1. The van der Waals surface area contributed by atoms with Crippen LogP contribution < -0.4 is 15.0 Å². The molecule has 0 spiro atoms. The monoisotopic (exact) mass is 246 g/mol. The van der Waals surface area contributed by atoms with Crippen molar-refractivity contribution in [2.75, 3.05) is 14.2 Å². The second kappa shape index (κ2) is 4.91. The van der Waals surface area contributed by atoms with E-state index in [0.717, 1.165) is 0 Å². The summed E-state index contributed by atoms with van der Waals surface area (Å²) in [4.78, 5) is 18.4. The molecule has 0 fully saturated rings. The van der Waals surface area contributed by atoms with E-state index in [4.69, 9.17) is 9.47 Å². The number of methoxy groups -OCH3 is 2. The van der Waals surface area contributed by atoms with E-state index in [-0.39, 0.29) is 5.56 Å². The summed E-state index contributed by atoms with van der Waals surface area (Å²) in [6.45, 7) is 1.73. The number of benzene rings is 1. The van der Waals surface area contributed by atoms with E-state index in [0.29, 0.717) is 28.6 Å². The SMILES string of the molecule is COc1cccc(OC)c1-c1cc(=O)[nH]c(C)n1. The summed E-state index contributed by atoms with van der Waals surface area (Å²) < 4.78 is 10.6. The summed E-state index contributed by atoms with van der Waals surface area (Å²) >= 11 is 0. The number of nitrogens with zero attached hydrogens (tertiary/aromatic N) is 1. The fourth-order valence-corrected chi connectivity index (χ4v) is 1.81. The van der Waals surface area contributed by atoms with Crippen molar-refractivity contribution in [3.63, 3.8) is 0 Å². The van der Waals surface area contributed by atoms with Gasteiger partial charge in [0.2, 0.25) is 0 Å². The highest BCUT2D eigenvalue weighted by Crippen LogP contribution is 2.36. The molecular weight excluding hydrogens is 232 g/mol. The van der Waals surface area contributed by atoms with Gasteiger partial charge in [-0.2, -0.15) is 0 Å². The summed E-state index contributed by atoms with van der Waals surface area (Å²) in [5, 5.41) is 0. The summed E-state index contributed by atoms with van der Waals surface area (Å²) in [6.07, 6.45) is 0. The summed E-state index contributed by atoms with van der Waals surface area (Å²) in [6, 6.07) is 6.85. The molecule has 0 atom stereocenters. The van der Waals surface area contributed by atoms with Gasteiger partial charge in [-0.15, -0.1) is 0 Å². The van der Waals surface area contributed by atoms with Gasteiger partial charge in [-0.1, -0.05) is 6.07 Å². The fraction of sp³-hybridized carbons (Fsp3) is 0.231. The summed E-state index contributed by atoms with van der Waals surface area (Å²) in [5.74, 6) is 1.78. The van der Waals surface area contributed by atoms with Gasteiger partial charge in [0, 0.05) is 6.07 Å². The Hall–Kier alpha value is -2.30. The van der Waals surface area contributed by atoms with Gasteiger partial charge in [-0.05, 0) is 19.1 Å². The van der Waals surface area contributed by atoms with E-state index in [1.54, 1.807) is 33.3 Å². The maximum absolute atomic E-state index is 11.5. The molecule has 0 saturated heterocycles. The molecule has 94 valence electrons. The van der Waals surface area contributed by atoms with Crippen LogP contribution >= 0.6 is 0 Å². The van der Waals surface area contributed by atoms with Crippen LogP contribution in [0.3, 0.4) is 0 Å². The van der Waals surface area contributed by atoms with Crippen LogP contribution in [0.25, 0.3) is 11.3 Å². The third kappa shape index (κ3) is 2.20. The quantitative estimate of drug-likeness (QED) is 0.896. The van der Waals surface area contributed by atoms with Gasteiger partial charge in [0.15, 0.2) is 0 Å². The highest BCUT2D eigenvalue weighted by molar-refractivity contribution is 5.74. The van der Waals surface area contributed by atoms with Gasteiger partial charge < -0.3 is 14.5 Å². The van der Waals surface area contributed by atoms with E-state index in [1.807, 2.05) is 6.07 Å². The maximum atomic E-state index is 11.5. The number of H-pyrrole nitrogens is 1. The van der Waals surface area contributed by atoms with Gasteiger partial charge >= 0.3 is 0 Å². The minimum atomic E-state index is -0.203. The molecule has 5 nitrogen and oxygen atoms in total. The molecule has 1 N–H and O–H groups in total. The fourth-order valence-electron chi connectivity index (χ4n) is 1.81. The Morgan fingerprint density at radius 1 is 1.17 bits per heavy atom. The number of hydrogen-bond donors (Lipinski definition) is 1. The van der Waals surface area contributed by atoms with Gasteiger partial charge in [-0.3, -0.25) is 4.79 Å². The van der Waals surface area contributed by atoms with Crippen LogP contribution in [-0.2, 0) is 0 Å². The Morgan fingerprint density at radius 3 is 2.28 bits per heavy atom. The highest BCUT2D eigenvalue weighted by Gasteiger charge is 2.14. The van der Waals surface area contributed by atoms with Crippen LogP contribution in [0.15, 0.2) is 29.1 Å². The Balaban J connectivity index is 2.72. The third-order valence-corrected chi connectivity index (χ3v) is 2.54. The number of rotatable bonds is 3. The number of nitrogens with one attached hydrogen (secondary N) is 1. The van der Waals surface area contributed by atoms with Crippen molar-refractivity contribution in [1.82, 2.24) is 9.97 Å². The topological polar surface area (TPSA) is 64.2 Å². The zero-order valence-electron chi connectivity index (χ0n) is 10.5. The van der Waals surface area contributed by atoms with Gasteiger partial charge in [0.25, 0.3) is 5.56 Å². The van der Waals surface area contributed by atoms with E-state index >= 15 is 0 Å². The van der Waals surface area contributed by atoms with Crippen molar-refractivity contribution in [3.8, 4) is 22.8 Å². The summed E-state index contributed by atoms with van der Waals surface area (Å²) in [5.41, 5.74) is 1.01. The first-order valence-corrected chi connectivity index (χ1v) is 5.45. The van der Waals surface area contributed by atoms with Crippen LogP contribution in [0.1, 0.15) is 5.82 Å². The molecule has 0 aliphatic heterocycles. The van der Waals surface area contributed by atoms with Crippen LogP contribution in [0, 0.1) is 6.92 Å². The lowest BCUT2D eigenvalue weighted by Crippen LogP contribution is -2.09. The number of ether oxygens (including phenoxy) is 2. The van der Waals surface area contributed by atoms with E-state index < -0.39 is 0 Å². The molecule has 0 unspecified atom stereocenters. The minimum Gasteiger partial charge on any atom is -0.496 e. The lowest BCUT2D eigenvalue weighted by Gasteiger charge is -2.12. The molecule has 0 aliphatic rings. The molecule has 1 aromatic carbocycles. The molecule has 0 aliphatic carbocycles. The molecule has 1 aromatic heterocycles. The van der Waals surface area contributed by atoms with Crippen molar-refractivity contribution in [3.05, 3.63) is 40.4 Å². The second-order valence-electron chi connectivity index (χ2n) is 3.75. The molecule has 5 heteroatoms. The second-order valence-corrected chi connectivity index (χ2v) is 3.75. The Bertz CT molecular complexity index is 598. The van der Waals surface area contributed by atoms with Crippen LogP contribution in [0.2, 0.25) is 0 Å². The summed E-state index contributed by atoms with van der Waals surface area (Å²) in [7, 11) is 3.14. The number of hydrogen-bond acceptors (Lipinski definition) is 4. The Labute approximate surface area is 104 Å². The average molecular weight is 246 g/mol. The first kappa shape index (κ1) is 12.2. The zero-order valence-corrected chi connectivity index (χ0v) is 10.5. The van der Waals surface area contributed by atoms with Crippen LogP contribution in [0.4, 0.5) is 0 Å². The van der Waals surface area contributed by atoms with Gasteiger partial charge in [0.1, 0.15) is 17.3 Å². The zero-order chi connectivity index (χ0) is 13.1. The number of aromatic nitrogens is 2. The lowest BCUT2D eigenvalue weighted by molar-refractivity contribution is 0.397. The van der Waals surface area contributed by atoms with Crippen LogP contribution in [-0.4, -0.2) is 24.2 Å². The van der Waals surface area contributed by atoms with E-state index in [1.165, 1.54) is 6.07 Å². The van der Waals surface area contributed by atoms with Crippen molar-refractivity contribution in [2.24, 2.45) is 0 Å². The van der Waals surface area contributed by atoms with Gasteiger partial charge in [-0.25, -0.2) is 4.98 Å². The molecule has 1 heterocycles. The smallest absolute Gasteiger partial charge is 0.251 e. The molecule has 0 radical (unpaired) electrons. The van der Waals surface area contributed by atoms with Crippen molar-refractivity contribution >= 4 is 0 Å². The van der Waals surface area contributed by atoms with Crippen molar-refractivity contribution < 1.29 is 9.47 Å². The minimum absolute atomic E-state index is 0.203. The standard InChI is InChI=1S/C13H14N2O3/c1-8-14-9(7-12(16)15-8)13-10(17-2)5-4-6-11(13)18-3/h4-7H,1-3H3,(H,14,15,16). The molecule has 0 amide bonds. The Kier molecular flexibility index (Phi) is 3.32. The molecule has 18 heavy (non-hydrogen) atoms. The molecule has 2 rings (SSSR count). The van der Waals surface area contributed by atoms with E-state index in [9.17, 15) is 4.79 Å². The lowest BCUT2D eigenvalue weighted by atomic mass is 10.1. The normalized spacial score (nSPS) is 10.2. The van der Waals surface area contributed by atoms with Gasteiger partial charge in [0.05, 0.1) is 25.5 Å². The molecule has 2 aromatic rings. The maximum Gasteiger partial charge on any atom is 0.251 e. The molecular formula is C13H14N2O3. The van der Waals surface area contributed by atoms with Crippen molar-refractivity contribution in [2.45, 2.75) is 6.92 Å². The predicted molar refractivity (Wildman–Crippen MR) is 68.1 cm³/mol. The molecule has 0 bridgehead atoms. The highest BCUT2D eigenvalue weighted by atomic mass is 16.5. The first-order valence-electron chi connectivity index (χ1n) is 5.45. The van der Waals surface area contributed by atoms with Crippen molar-refractivity contribution in [1.29, 1.82) is 0 Å². The molecule has 0 saturated carbocycles. The van der Waals surface area contributed by atoms with Crippen LogP contribution in [0.5, 0.6) is 11.5 Å². The average Bonchev–Trinajstić information content (AvgIpc) is 2.36. The number of aryl methyl sites for hydroxylation is 1.